The number of aromatic nitrogens is 1. The number of carbonyl (C=O) groups is 1. The average molecular weight is 337 g/mol. The first-order chi connectivity index (χ1) is 11.1. The number of aryl methyl sites for hydroxylation is 1. The van der Waals surface area contributed by atoms with Crippen LogP contribution in [0.3, 0.4) is 0 Å². The van der Waals surface area contributed by atoms with Crippen LogP contribution in [-0.4, -0.2) is 25.3 Å². The fraction of sp³-hybridized carbons (Fsp3) is 0.375. The van der Waals surface area contributed by atoms with Crippen LogP contribution in [0.2, 0.25) is 5.02 Å². The maximum absolute atomic E-state index is 12.5. The minimum absolute atomic E-state index is 0.327. The Hall–Kier alpha value is -2.21. The van der Waals surface area contributed by atoms with Gasteiger partial charge in [-0.1, -0.05) is 16.8 Å². The number of ether oxygens (including phenoxy) is 2. The molecule has 0 aliphatic heterocycles. The van der Waals surface area contributed by atoms with Crippen molar-refractivity contribution in [1.82, 2.24) is 5.16 Å². The lowest BCUT2D eigenvalue weighted by molar-refractivity contribution is 0.101. The van der Waals surface area contributed by atoms with Crippen molar-refractivity contribution < 1.29 is 18.8 Å². The maximum Gasteiger partial charge on any atom is 0.278 e. The smallest absolute Gasteiger partial charge is 0.278 e. The number of benzene rings is 1. The Bertz CT molecular complexity index is 742. The van der Waals surface area contributed by atoms with Gasteiger partial charge in [0.05, 0.1) is 24.9 Å². The molecule has 1 N–H and O–H groups in total. The Labute approximate surface area is 138 Å². The highest BCUT2D eigenvalue weighted by atomic mass is 35.5. The molecule has 0 bridgehead atoms. The number of halogens is 1. The van der Waals surface area contributed by atoms with Crippen molar-refractivity contribution in [3.8, 4) is 11.5 Å². The number of rotatable bonds is 4. The second kappa shape index (κ2) is 6.50. The Morgan fingerprint density at radius 1 is 1.22 bits per heavy atom. The van der Waals surface area contributed by atoms with Gasteiger partial charge < -0.3 is 19.3 Å². The van der Waals surface area contributed by atoms with Crippen LogP contribution in [0.15, 0.2) is 16.7 Å². The zero-order valence-electron chi connectivity index (χ0n) is 12.9. The lowest BCUT2D eigenvalue weighted by atomic mass is 9.96. The number of hydrogen-bond acceptors (Lipinski definition) is 5. The molecule has 1 aliphatic rings. The van der Waals surface area contributed by atoms with Gasteiger partial charge in [0.15, 0.2) is 5.69 Å². The lowest BCUT2D eigenvalue weighted by Gasteiger charge is -2.13. The molecule has 7 heteroatoms. The number of nitrogens with one attached hydrogen (secondary N) is 1. The van der Waals surface area contributed by atoms with Crippen molar-refractivity contribution in [3.05, 3.63) is 34.2 Å². The highest BCUT2D eigenvalue weighted by Gasteiger charge is 2.25. The van der Waals surface area contributed by atoms with Gasteiger partial charge in [-0.15, -0.1) is 0 Å². The monoisotopic (exact) mass is 336 g/mol. The van der Waals surface area contributed by atoms with Crippen molar-refractivity contribution in [3.63, 3.8) is 0 Å². The van der Waals surface area contributed by atoms with E-state index >= 15 is 0 Å². The molecule has 0 saturated carbocycles. The van der Waals surface area contributed by atoms with Gasteiger partial charge in [0, 0.05) is 18.1 Å². The molecule has 0 spiro atoms. The van der Waals surface area contributed by atoms with Crippen molar-refractivity contribution >= 4 is 23.2 Å². The molecule has 1 aromatic heterocycles. The Kier molecular flexibility index (Phi) is 4.43. The summed E-state index contributed by atoms with van der Waals surface area (Å²) in [5.41, 5.74) is 1.68. The Balaban J connectivity index is 1.88. The molecule has 1 heterocycles. The third-order valence-corrected chi connectivity index (χ3v) is 4.18. The van der Waals surface area contributed by atoms with Gasteiger partial charge in [-0.05, 0) is 25.3 Å². The molecule has 0 fully saturated rings. The largest absolute Gasteiger partial charge is 0.495 e. The number of carbonyl (C=O) groups excluding carboxylic acids is 1. The maximum atomic E-state index is 12.5. The third kappa shape index (κ3) is 2.99. The van der Waals surface area contributed by atoms with E-state index in [0.717, 1.165) is 37.0 Å². The standard InChI is InChI=1S/C16H17ClN2O4/c1-21-13-8-14(22-2)11(7-10(13)17)18-16(20)15-9-5-3-4-6-12(9)23-19-15/h7-8H,3-6H2,1-2H3,(H,18,20). The Morgan fingerprint density at radius 3 is 2.70 bits per heavy atom. The summed E-state index contributed by atoms with van der Waals surface area (Å²) in [7, 11) is 3.02. The molecule has 1 amide bonds. The predicted octanol–water partition coefficient (Wildman–Crippen LogP) is 3.48. The van der Waals surface area contributed by atoms with Crippen LogP contribution in [0.25, 0.3) is 0 Å². The minimum Gasteiger partial charge on any atom is -0.495 e. The molecule has 0 radical (unpaired) electrons. The molecule has 1 aromatic carbocycles. The molecule has 3 rings (SSSR count). The normalized spacial score (nSPS) is 13.3. The molecular formula is C16H17ClN2O4. The molecular weight excluding hydrogens is 320 g/mol. The quantitative estimate of drug-likeness (QED) is 0.925. The van der Waals surface area contributed by atoms with Gasteiger partial charge in [0.25, 0.3) is 5.91 Å². The summed E-state index contributed by atoms with van der Waals surface area (Å²) < 4.78 is 15.7. The van der Waals surface area contributed by atoms with E-state index in [0.29, 0.717) is 27.9 Å². The highest BCUT2D eigenvalue weighted by molar-refractivity contribution is 6.32. The van der Waals surface area contributed by atoms with E-state index in [2.05, 4.69) is 10.5 Å². The Morgan fingerprint density at radius 2 is 1.96 bits per heavy atom. The first kappa shape index (κ1) is 15.7. The first-order valence-electron chi connectivity index (χ1n) is 7.34. The zero-order chi connectivity index (χ0) is 16.4. The summed E-state index contributed by atoms with van der Waals surface area (Å²) in [6, 6.07) is 3.21. The van der Waals surface area contributed by atoms with Crippen molar-refractivity contribution in [2.75, 3.05) is 19.5 Å². The van der Waals surface area contributed by atoms with Gasteiger partial charge in [0.1, 0.15) is 17.3 Å². The summed E-state index contributed by atoms with van der Waals surface area (Å²) in [5, 5.41) is 7.08. The van der Waals surface area contributed by atoms with E-state index in [1.807, 2.05) is 0 Å². The van der Waals surface area contributed by atoms with Crippen LogP contribution in [-0.2, 0) is 12.8 Å². The van der Waals surface area contributed by atoms with Crippen molar-refractivity contribution in [2.24, 2.45) is 0 Å². The van der Waals surface area contributed by atoms with E-state index in [1.54, 1.807) is 12.1 Å². The summed E-state index contributed by atoms with van der Waals surface area (Å²) in [6.45, 7) is 0. The number of hydrogen-bond donors (Lipinski definition) is 1. The number of nitrogens with zero attached hydrogens (tertiary/aromatic N) is 1. The second-order valence-electron chi connectivity index (χ2n) is 5.28. The van der Waals surface area contributed by atoms with E-state index in [1.165, 1.54) is 14.2 Å². The van der Waals surface area contributed by atoms with E-state index in [-0.39, 0.29) is 5.91 Å². The fourth-order valence-electron chi connectivity index (χ4n) is 2.70. The van der Waals surface area contributed by atoms with Crippen molar-refractivity contribution in [1.29, 1.82) is 0 Å². The number of methoxy groups -OCH3 is 2. The summed E-state index contributed by atoms with van der Waals surface area (Å²) in [5.74, 6) is 1.40. The molecule has 1 aliphatic carbocycles. The molecule has 0 unspecified atom stereocenters. The summed E-state index contributed by atoms with van der Waals surface area (Å²) in [6.07, 6.45) is 3.73. The van der Waals surface area contributed by atoms with Crippen LogP contribution in [0.4, 0.5) is 5.69 Å². The van der Waals surface area contributed by atoms with Crippen LogP contribution >= 0.6 is 11.6 Å². The average Bonchev–Trinajstić information content (AvgIpc) is 2.99. The molecule has 122 valence electrons. The zero-order valence-corrected chi connectivity index (χ0v) is 13.7. The van der Waals surface area contributed by atoms with E-state index in [4.69, 9.17) is 25.6 Å². The molecule has 0 atom stereocenters. The molecule has 0 saturated heterocycles. The van der Waals surface area contributed by atoms with Gasteiger partial charge in [-0.3, -0.25) is 4.79 Å². The first-order valence-corrected chi connectivity index (χ1v) is 7.72. The lowest BCUT2D eigenvalue weighted by Crippen LogP contribution is -2.16. The minimum atomic E-state index is -0.337. The number of amides is 1. The number of anilines is 1. The molecule has 6 nitrogen and oxygen atoms in total. The van der Waals surface area contributed by atoms with Crippen molar-refractivity contribution in [2.45, 2.75) is 25.7 Å². The topological polar surface area (TPSA) is 73.6 Å². The van der Waals surface area contributed by atoms with Gasteiger partial charge in [-0.25, -0.2) is 0 Å². The number of fused-ring (bicyclic) bond motifs is 1. The molecule has 23 heavy (non-hydrogen) atoms. The van der Waals surface area contributed by atoms with Gasteiger partial charge in [0.2, 0.25) is 0 Å². The second-order valence-corrected chi connectivity index (χ2v) is 5.69. The highest BCUT2D eigenvalue weighted by Crippen LogP contribution is 2.36. The van der Waals surface area contributed by atoms with Crippen LogP contribution in [0, 0.1) is 0 Å². The van der Waals surface area contributed by atoms with Gasteiger partial charge in [-0.2, -0.15) is 0 Å². The third-order valence-electron chi connectivity index (χ3n) is 3.89. The fourth-order valence-corrected chi connectivity index (χ4v) is 2.94. The predicted molar refractivity (Wildman–Crippen MR) is 85.7 cm³/mol. The SMILES string of the molecule is COc1cc(OC)c(NC(=O)c2noc3c2CCCC3)cc1Cl. The summed E-state index contributed by atoms with van der Waals surface area (Å²) in [4.78, 5) is 12.5. The van der Waals surface area contributed by atoms with Crippen LogP contribution < -0.4 is 14.8 Å². The summed E-state index contributed by atoms with van der Waals surface area (Å²) >= 11 is 6.12. The van der Waals surface area contributed by atoms with Crippen LogP contribution in [0.5, 0.6) is 11.5 Å². The van der Waals surface area contributed by atoms with Gasteiger partial charge >= 0.3 is 0 Å². The van der Waals surface area contributed by atoms with E-state index in [9.17, 15) is 4.79 Å². The van der Waals surface area contributed by atoms with Crippen LogP contribution in [0.1, 0.15) is 34.7 Å². The van der Waals surface area contributed by atoms with E-state index < -0.39 is 0 Å². The molecule has 2 aromatic rings.